The molecule has 0 bridgehead atoms. The summed E-state index contributed by atoms with van der Waals surface area (Å²) in [6.45, 7) is 17.1. The first kappa shape index (κ1) is 21.2. The van der Waals surface area contributed by atoms with Crippen LogP contribution in [0.25, 0.3) is 6.08 Å². The van der Waals surface area contributed by atoms with E-state index in [1.165, 1.54) is 28.8 Å². The van der Waals surface area contributed by atoms with Gasteiger partial charge in [0.2, 0.25) is 0 Å². The molecule has 0 fully saturated rings. The fourth-order valence-electron chi connectivity index (χ4n) is 4.99. The van der Waals surface area contributed by atoms with Crippen LogP contribution >= 0.6 is 0 Å². The minimum Gasteiger partial charge on any atom is -0.462 e. The molecule has 1 aromatic rings. The van der Waals surface area contributed by atoms with Crippen LogP contribution in [0.1, 0.15) is 57.7 Å². The zero-order valence-corrected chi connectivity index (χ0v) is 19.2. The maximum atomic E-state index is 9.28. The molecule has 0 aliphatic carbocycles. The van der Waals surface area contributed by atoms with E-state index in [2.05, 4.69) is 68.6 Å². The first-order valence-electron chi connectivity index (χ1n) is 10.9. The molecule has 0 amide bonds. The average Bonchev–Trinajstić information content (AvgIpc) is 2.69. The molecule has 3 aliphatic heterocycles. The Morgan fingerprint density at radius 2 is 2.00 bits per heavy atom. The van der Waals surface area contributed by atoms with Crippen molar-refractivity contribution < 1.29 is 4.74 Å². The predicted molar refractivity (Wildman–Crippen MR) is 128 cm³/mol. The van der Waals surface area contributed by atoms with Gasteiger partial charge in [-0.15, -0.1) is 0 Å². The lowest BCUT2D eigenvalue weighted by atomic mass is 9.71. The van der Waals surface area contributed by atoms with Crippen LogP contribution < -0.4 is 4.90 Å². The van der Waals surface area contributed by atoms with Gasteiger partial charge in [0.1, 0.15) is 23.3 Å². The molecule has 31 heavy (non-hydrogen) atoms. The third-order valence-electron chi connectivity index (χ3n) is 6.46. The second-order valence-electron chi connectivity index (χ2n) is 10.3. The van der Waals surface area contributed by atoms with Crippen LogP contribution in [0.2, 0.25) is 0 Å². The number of benzene rings is 1. The summed E-state index contributed by atoms with van der Waals surface area (Å²) >= 11 is 0. The molecule has 4 nitrogen and oxygen atoms in total. The predicted octanol–water partition coefficient (Wildman–Crippen LogP) is 6.07. The monoisotopic (exact) mass is 413 g/mol. The van der Waals surface area contributed by atoms with Crippen molar-refractivity contribution in [1.29, 1.82) is 5.26 Å². The molecule has 0 radical (unpaired) electrons. The summed E-state index contributed by atoms with van der Waals surface area (Å²) < 4.78 is 5.87. The van der Waals surface area contributed by atoms with Crippen LogP contribution in [0.4, 0.5) is 5.69 Å². The van der Waals surface area contributed by atoms with E-state index in [1.54, 1.807) is 0 Å². The van der Waals surface area contributed by atoms with Gasteiger partial charge in [-0.05, 0) is 84.4 Å². The van der Waals surface area contributed by atoms with Gasteiger partial charge in [-0.1, -0.05) is 33.8 Å². The number of ether oxygens (including phenoxy) is 1. The van der Waals surface area contributed by atoms with Gasteiger partial charge in [-0.25, -0.2) is 0 Å². The van der Waals surface area contributed by atoms with Gasteiger partial charge in [-0.2, -0.15) is 5.26 Å². The molecule has 0 spiro atoms. The quantitative estimate of drug-likeness (QED) is 0.447. The summed E-state index contributed by atoms with van der Waals surface area (Å²) in [4.78, 5) is 6.42. The molecule has 0 unspecified atom stereocenters. The summed E-state index contributed by atoms with van der Waals surface area (Å²) in [5, 5.41) is 9.28. The van der Waals surface area contributed by atoms with Gasteiger partial charge in [-0.3, -0.25) is 4.99 Å². The summed E-state index contributed by atoms with van der Waals surface area (Å²) in [7, 11) is 0. The number of rotatable bonds is 3. The van der Waals surface area contributed by atoms with Crippen LogP contribution in [0.5, 0.6) is 0 Å². The molecule has 3 aliphatic rings. The number of anilines is 1. The van der Waals surface area contributed by atoms with Gasteiger partial charge in [0, 0.05) is 24.4 Å². The third-order valence-corrected chi connectivity index (χ3v) is 6.46. The minimum atomic E-state index is 0.166. The highest BCUT2D eigenvalue weighted by molar-refractivity contribution is 5.71. The Hall–Kier alpha value is -3.06. The first-order chi connectivity index (χ1) is 14.6. The van der Waals surface area contributed by atoms with Crippen molar-refractivity contribution in [1.82, 2.24) is 0 Å². The molecule has 4 rings (SSSR count). The van der Waals surface area contributed by atoms with Gasteiger partial charge < -0.3 is 9.64 Å². The van der Waals surface area contributed by atoms with Gasteiger partial charge in [0.25, 0.3) is 0 Å². The summed E-state index contributed by atoms with van der Waals surface area (Å²) in [5.74, 6) is 1.42. The first-order valence-corrected chi connectivity index (χ1v) is 10.9. The highest BCUT2D eigenvalue weighted by atomic mass is 16.5. The van der Waals surface area contributed by atoms with Crippen molar-refractivity contribution in [2.45, 2.75) is 52.9 Å². The summed E-state index contributed by atoms with van der Waals surface area (Å²) in [5.41, 5.74) is 7.00. The Morgan fingerprint density at radius 3 is 2.71 bits per heavy atom. The van der Waals surface area contributed by atoms with Crippen LogP contribution in [0, 0.1) is 16.7 Å². The van der Waals surface area contributed by atoms with Crippen LogP contribution in [-0.2, 0) is 16.6 Å². The van der Waals surface area contributed by atoms with Crippen molar-refractivity contribution in [3.8, 4) is 6.07 Å². The summed E-state index contributed by atoms with van der Waals surface area (Å²) in [6, 6.07) is 6.76. The van der Waals surface area contributed by atoms with E-state index < -0.39 is 0 Å². The number of hydrogen-bond donors (Lipinski definition) is 0. The number of nitriles is 1. The van der Waals surface area contributed by atoms with Crippen molar-refractivity contribution in [2.24, 2.45) is 10.4 Å². The minimum absolute atomic E-state index is 0.166. The lowest BCUT2D eigenvalue weighted by Gasteiger charge is -2.48. The Balaban J connectivity index is 1.74. The topological polar surface area (TPSA) is 48.6 Å². The van der Waals surface area contributed by atoms with Crippen LogP contribution in [0.15, 0.2) is 58.1 Å². The molecule has 0 saturated carbocycles. The lowest BCUT2D eigenvalue weighted by Crippen LogP contribution is -2.46. The molecule has 0 saturated heterocycles. The van der Waals surface area contributed by atoms with E-state index >= 15 is 0 Å². The van der Waals surface area contributed by atoms with Gasteiger partial charge in [0.05, 0.1) is 0 Å². The molecule has 160 valence electrons. The fraction of sp³-hybridized carbons (Fsp3) is 0.407. The zero-order chi connectivity index (χ0) is 22.4. The standard InChI is InChI=1S/C27H31N3O/c1-18-11-20(24(16-28)29-6)14-22(31-18)8-7-19-12-21-15-26(2,3)17-30-10-9-27(4,5)23(13-19)25(21)30/h7-8,11-14H,6,9-10,15,17H2,1-5H3/b8-7+,24-20-. The molecular weight excluding hydrogens is 382 g/mol. The van der Waals surface area contributed by atoms with E-state index in [1.807, 2.05) is 25.2 Å². The average molecular weight is 414 g/mol. The van der Waals surface area contributed by atoms with E-state index in [0.29, 0.717) is 11.5 Å². The molecule has 3 heterocycles. The zero-order valence-electron chi connectivity index (χ0n) is 19.2. The van der Waals surface area contributed by atoms with Gasteiger partial charge in [0.15, 0.2) is 0 Å². The van der Waals surface area contributed by atoms with Crippen molar-refractivity contribution in [3.05, 3.63) is 69.8 Å². The van der Waals surface area contributed by atoms with E-state index in [4.69, 9.17) is 4.74 Å². The fourth-order valence-corrected chi connectivity index (χ4v) is 4.99. The Morgan fingerprint density at radius 1 is 1.23 bits per heavy atom. The molecule has 1 aromatic carbocycles. The maximum Gasteiger partial charge on any atom is 0.147 e. The normalized spacial score (nSPS) is 22.6. The second-order valence-corrected chi connectivity index (χ2v) is 10.3. The van der Waals surface area contributed by atoms with Crippen molar-refractivity contribution >= 4 is 18.5 Å². The maximum absolute atomic E-state index is 9.28. The smallest absolute Gasteiger partial charge is 0.147 e. The second kappa shape index (κ2) is 7.57. The number of nitrogens with zero attached hydrogens (tertiary/aromatic N) is 3. The number of hydrogen-bond acceptors (Lipinski definition) is 4. The highest BCUT2D eigenvalue weighted by Gasteiger charge is 2.39. The Labute approximate surface area is 185 Å². The molecule has 0 N–H and O–H groups in total. The molecule has 4 heteroatoms. The SMILES string of the molecule is C=N/C(C#N)=C1/C=C(C)OC(/C=C/c2cc3c4c(c2)C(C)(C)CCN4CC(C)(C)C3)=C1. The molecular formula is C27H31N3O. The number of allylic oxidation sites excluding steroid dienone is 6. The van der Waals surface area contributed by atoms with E-state index in [-0.39, 0.29) is 10.8 Å². The largest absolute Gasteiger partial charge is 0.462 e. The van der Waals surface area contributed by atoms with Gasteiger partial charge >= 0.3 is 0 Å². The highest BCUT2D eigenvalue weighted by Crippen LogP contribution is 2.47. The lowest BCUT2D eigenvalue weighted by molar-refractivity contribution is 0.318. The van der Waals surface area contributed by atoms with Crippen molar-refractivity contribution in [2.75, 3.05) is 18.0 Å². The van der Waals surface area contributed by atoms with E-state index in [9.17, 15) is 5.26 Å². The van der Waals surface area contributed by atoms with Crippen molar-refractivity contribution in [3.63, 3.8) is 0 Å². The Bertz CT molecular complexity index is 1110. The number of aliphatic imine (C=N–C) groups is 1. The summed E-state index contributed by atoms with van der Waals surface area (Å²) in [6.07, 6.45) is 10.0. The van der Waals surface area contributed by atoms with Crippen LogP contribution in [0.3, 0.4) is 0 Å². The van der Waals surface area contributed by atoms with Crippen LogP contribution in [-0.4, -0.2) is 19.8 Å². The molecule has 0 aromatic heterocycles. The molecule has 0 atom stereocenters. The third kappa shape index (κ3) is 4.10. The van der Waals surface area contributed by atoms with E-state index in [0.717, 1.165) is 30.8 Å². The Kier molecular flexibility index (Phi) is 5.17.